The highest BCUT2D eigenvalue weighted by atomic mass is 35.5. The summed E-state index contributed by atoms with van der Waals surface area (Å²) < 4.78 is 19.8. The topological polar surface area (TPSA) is 61.1 Å². The highest BCUT2D eigenvalue weighted by Gasteiger charge is 2.14. The minimum absolute atomic E-state index is 0.0965. The van der Waals surface area contributed by atoms with Crippen LogP contribution in [0, 0.1) is 5.82 Å². The van der Waals surface area contributed by atoms with Gasteiger partial charge in [0.2, 0.25) is 0 Å². The fourth-order valence-corrected chi connectivity index (χ4v) is 3.18. The van der Waals surface area contributed by atoms with Crippen LogP contribution in [0.3, 0.4) is 0 Å². The van der Waals surface area contributed by atoms with E-state index in [9.17, 15) is 9.18 Å². The molecule has 0 saturated heterocycles. The molecule has 0 unspecified atom stereocenters. The van der Waals surface area contributed by atoms with Crippen LogP contribution in [0.4, 0.5) is 15.8 Å². The molecule has 3 aromatic carbocycles. The van der Waals surface area contributed by atoms with Crippen molar-refractivity contribution in [1.82, 2.24) is 9.97 Å². The first-order valence-electron chi connectivity index (χ1n) is 8.63. The first-order valence-corrected chi connectivity index (χ1v) is 9.00. The molecule has 0 aliphatic carbocycles. The highest BCUT2D eigenvalue weighted by Crippen LogP contribution is 2.36. The molecule has 0 bridgehead atoms. The van der Waals surface area contributed by atoms with E-state index in [0.717, 1.165) is 16.9 Å². The summed E-state index contributed by atoms with van der Waals surface area (Å²) in [7, 11) is 1.87. The molecule has 2 N–H and O–H groups in total. The third-order valence-electron chi connectivity index (χ3n) is 4.51. The number of hydrogen-bond donors (Lipinski definition) is 2. The Bertz CT molecular complexity index is 1200. The van der Waals surface area contributed by atoms with Crippen molar-refractivity contribution < 1.29 is 9.13 Å². The maximum Gasteiger partial charge on any atom is 0.323 e. The molecule has 0 aliphatic rings. The normalized spacial score (nSPS) is 11.0. The van der Waals surface area contributed by atoms with Gasteiger partial charge in [0.05, 0.1) is 16.7 Å². The predicted molar refractivity (Wildman–Crippen MR) is 109 cm³/mol. The Morgan fingerprint density at radius 2 is 1.82 bits per heavy atom. The summed E-state index contributed by atoms with van der Waals surface area (Å²) in [5.74, 6) is 0.256. The Morgan fingerprint density at radius 3 is 2.64 bits per heavy atom. The van der Waals surface area contributed by atoms with Gasteiger partial charge < -0.3 is 19.6 Å². The number of imidazole rings is 1. The van der Waals surface area contributed by atoms with Crippen LogP contribution in [0.1, 0.15) is 5.56 Å². The number of aromatic amines is 2. The third-order valence-corrected chi connectivity index (χ3v) is 4.75. The molecule has 1 aromatic heterocycles. The van der Waals surface area contributed by atoms with E-state index in [-0.39, 0.29) is 18.1 Å². The van der Waals surface area contributed by atoms with Gasteiger partial charge in [-0.2, -0.15) is 0 Å². The molecule has 142 valence electrons. The molecule has 0 saturated carbocycles. The molecular formula is C21H17ClFN3O2. The quantitative estimate of drug-likeness (QED) is 0.498. The predicted octanol–water partition coefficient (Wildman–Crippen LogP) is 5.00. The Balaban J connectivity index is 1.66. The van der Waals surface area contributed by atoms with Crippen LogP contribution in [-0.2, 0) is 6.61 Å². The van der Waals surface area contributed by atoms with Crippen molar-refractivity contribution >= 4 is 34.0 Å². The van der Waals surface area contributed by atoms with Crippen LogP contribution in [0.5, 0.6) is 5.75 Å². The molecule has 0 spiro atoms. The summed E-state index contributed by atoms with van der Waals surface area (Å²) in [5, 5.41) is 0.552. The van der Waals surface area contributed by atoms with Gasteiger partial charge in [-0.05, 0) is 42.5 Å². The minimum Gasteiger partial charge on any atom is -0.487 e. The van der Waals surface area contributed by atoms with E-state index >= 15 is 0 Å². The van der Waals surface area contributed by atoms with Crippen molar-refractivity contribution in [3.63, 3.8) is 0 Å². The van der Waals surface area contributed by atoms with Gasteiger partial charge in [-0.1, -0.05) is 29.8 Å². The third kappa shape index (κ3) is 3.59. The van der Waals surface area contributed by atoms with Crippen molar-refractivity contribution in [1.29, 1.82) is 0 Å². The average Bonchev–Trinajstić information content (AvgIpc) is 3.06. The largest absolute Gasteiger partial charge is 0.487 e. The van der Waals surface area contributed by atoms with E-state index in [4.69, 9.17) is 16.3 Å². The molecule has 5 nitrogen and oxygen atoms in total. The van der Waals surface area contributed by atoms with Gasteiger partial charge in [0.15, 0.2) is 0 Å². The molecule has 0 aliphatic heterocycles. The molecule has 7 heteroatoms. The maximum absolute atomic E-state index is 13.9. The van der Waals surface area contributed by atoms with Crippen LogP contribution in [-0.4, -0.2) is 17.0 Å². The van der Waals surface area contributed by atoms with Crippen LogP contribution >= 0.6 is 11.6 Å². The van der Waals surface area contributed by atoms with Crippen molar-refractivity contribution in [3.05, 3.63) is 87.6 Å². The summed E-state index contributed by atoms with van der Waals surface area (Å²) in [4.78, 5) is 18.9. The summed E-state index contributed by atoms with van der Waals surface area (Å²) in [6, 6.07) is 17.3. The van der Waals surface area contributed by atoms with E-state index in [0.29, 0.717) is 21.9 Å². The fourth-order valence-electron chi connectivity index (χ4n) is 3.01. The molecule has 0 radical (unpaired) electrons. The number of aromatic nitrogens is 2. The van der Waals surface area contributed by atoms with Crippen molar-refractivity contribution in [2.24, 2.45) is 0 Å². The number of rotatable bonds is 5. The van der Waals surface area contributed by atoms with Crippen LogP contribution in [0.2, 0.25) is 5.02 Å². The van der Waals surface area contributed by atoms with Crippen LogP contribution < -0.4 is 15.3 Å². The Kier molecular flexibility index (Phi) is 4.79. The number of nitrogens with one attached hydrogen (secondary N) is 2. The summed E-state index contributed by atoms with van der Waals surface area (Å²) in [5.41, 5.74) is 3.19. The first-order chi connectivity index (χ1) is 13.5. The van der Waals surface area contributed by atoms with Gasteiger partial charge in [-0.15, -0.1) is 0 Å². The number of hydrogen-bond acceptors (Lipinski definition) is 3. The summed E-state index contributed by atoms with van der Waals surface area (Å²) in [6.45, 7) is 0.0965. The van der Waals surface area contributed by atoms with Gasteiger partial charge in [0, 0.05) is 23.3 Å². The number of halogens is 2. The molecule has 28 heavy (non-hydrogen) atoms. The molecule has 4 aromatic rings. The van der Waals surface area contributed by atoms with Gasteiger partial charge in [0.1, 0.15) is 18.2 Å². The molecule has 0 atom stereocenters. The zero-order valence-corrected chi connectivity index (χ0v) is 15.8. The summed E-state index contributed by atoms with van der Waals surface area (Å²) >= 11 is 6.19. The lowest BCUT2D eigenvalue weighted by Gasteiger charge is -2.23. The van der Waals surface area contributed by atoms with Gasteiger partial charge in [0.25, 0.3) is 0 Å². The summed E-state index contributed by atoms with van der Waals surface area (Å²) in [6.07, 6.45) is 0. The first kappa shape index (κ1) is 18.1. The molecule has 0 amide bonds. The van der Waals surface area contributed by atoms with Crippen molar-refractivity contribution in [3.8, 4) is 5.75 Å². The van der Waals surface area contributed by atoms with Gasteiger partial charge >= 0.3 is 5.69 Å². The fraction of sp³-hybridized carbons (Fsp3) is 0.0952. The van der Waals surface area contributed by atoms with Crippen molar-refractivity contribution in [2.45, 2.75) is 6.61 Å². The number of benzene rings is 3. The highest BCUT2D eigenvalue weighted by molar-refractivity contribution is 6.31. The second-order valence-corrected chi connectivity index (χ2v) is 6.80. The lowest BCUT2D eigenvalue weighted by molar-refractivity contribution is 0.301. The second-order valence-electron chi connectivity index (χ2n) is 6.36. The van der Waals surface area contributed by atoms with E-state index in [1.807, 2.05) is 30.1 Å². The standard InChI is InChI=1S/C21H17ClFN3O2/c1-26(15-7-8-17-18(11-15)25-21(27)24-17)19-10-14(22)6-9-20(19)28-12-13-4-2-3-5-16(13)23/h2-11H,12H2,1H3,(H2,24,25,27). The van der Waals surface area contributed by atoms with E-state index in [1.165, 1.54) is 6.07 Å². The average molecular weight is 398 g/mol. The number of nitrogens with zero attached hydrogens (tertiary/aromatic N) is 1. The molecular weight excluding hydrogens is 381 g/mol. The SMILES string of the molecule is CN(c1ccc2[nH]c(=O)[nH]c2c1)c1cc(Cl)ccc1OCc1ccccc1F. The minimum atomic E-state index is -0.312. The zero-order chi connectivity index (χ0) is 19.7. The molecule has 4 rings (SSSR count). The zero-order valence-electron chi connectivity index (χ0n) is 15.0. The van der Waals surface area contributed by atoms with Gasteiger partial charge in [-0.3, -0.25) is 0 Å². The van der Waals surface area contributed by atoms with Crippen LogP contribution in [0.15, 0.2) is 65.5 Å². The number of ether oxygens (including phenoxy) is 1. The van der Waals surface area contributed by atoms with E-state index in [1.54, 1.807) is 36.4 Å². The molecule has 0 fully saturated rings. The number of anilines is 2. The molecule has 1 heterocycles. The maximum atomic E-state index is 13.9. The Labute approximate surface area is 165 Å². The Morgan fingerprint density at radius 1 is 1.04 bits per heavy atom. The monoisotopic (exact) mass is 397 g/mol. The number of H-pyrrole nitrogens is 2. The smallest absolute Gasteiger partial charge is 0.323 e. The van der Waals surface area contributed by atoms with Crippen molar-refractivity contribution in [2.75, 3.05) is 11.9 Å². The van der Waals surface area contributed by atoms with E-state index < -0.39 is 0 Å². The van der Waals surface area contributed by atoms with E-state index in [2.05, 4.69) is 9.97 Å². The second kappa shape index (κ2) is 7.40. The lowest BCUT2D eigenvalue weighted by Crippen LogP contribution is -2.11. The van der Waals surface area contributed by atoms with Crippen LogP contribution in [0.25, 0.3) is 11.0 Å². The lowest BCUT2D eigenvalue weighted by atomic mass is 10.2. The Hall–Kier alpha value is -3.25. The van der Waals surface area contributed by atoms with Gasteiger partial charge in [-0.25, -0.2) is 9.18 Å². The number of fused-ring (bicyclic) bond motifs is 1.